The van der Waals surface area contributed by atoms with E-state index in [0.29, 0.717) is 0 Å². The summed E-state index contributed by atoms with van der Waals surface area (Å²) in [6, 6.07) is 1.68. The number of likely N-dealkylation sites (tertiary alicyclic amines) is 1. The first-order chi connectivity index (χ1) is 7.79. The quantitative estimate of drug-likeness (QED) is 0.785. The van der Waals surface area contributed by atoms with Gasteiger partial charge in [-0.2, -0.15) is 0 Å². The molecule has 2 aliphatic carbocycles. The standard InChI is InChI=1S/C14H26N2/c1-11-8-14(9-11)15-13-4-6-16(7-5-13)10-12-2-3-12/h11-15H,2-10H2,1H3. The molecule has 2 saturated carbocycles. The van der Waals surface area contributed by atoms with E-state index in [0.717, 1.165) is 23.9 Å². The Labute approximate surface area is 99.8 Å². The van der Waals surface area contributed by atoms with Crippen molar-refractivity contribution >= 4 is 0 Å². The lowest BCUT2D eigenvalue weighted by molar-refractivity contribution is 0.156. The first-order valence-corrected chi connectivity index (χ1v) is 7.28. The zero-order valence-corrected chi connectivity index (χ0v) is 10.6. The Morgan fingerprint density at radius 1 is 1.00 bits per heavy atom. The van der Waals surface area contributed by atoms with Gasteiger partial charge in [-0.15, -0.1) is 0 Å². The van der Waals surface area contributed by atoms with E-state index in [4.69, 9.17) is 0 Å². The summed E-state index contributed by atoms with van der Waals surface area (Å²) in [5.74, 6) is 2.05. The maximum absolute atomic E-state index is 3.85. The molecule has 0 bridgehead atoms. The van der Waals surface area contributed by atoms with E-state index in [-0.39, 0.29) is 0 Å². The van der Waals surface area contributed by atoms with Gasteiger partial charge in [-0.3, -0.25) is 0 Å². The van der Waals surface area contributed by atoms with Crippen molar-refractivity contribution in [1.82, 2.24) is 10.2 Å². The third kappa shape index (κ3) is 2.78. The largest absolute Gasteiger partial charge is 0.311 e. The molecule has 2 heteroatoms. The summed E-state index contributed by atoms with van der Waals surface area (Å²) in [6.45, 7) is 6.45. The number of nitrogens with zero attached hydrogens (tertiary/aromatic N) is 1. The minimum atomic E-state index is 0.827. The molecule has 1 N–H and O–H groups in total. The van der Waals surface area contributed by atoms with E-state index < -0.39 is 0 Å². The van der Waals surface area contributed by atoms with Crippen LogP contribution in [0.2, 0.25) is 0 Å². The summed E-state index contributed by atoms with van der Waals surface area (Å²) < 4.78 is 0. The van der Waals surface area contributed by atoms with E-state index in [1.807, 2.05) is 0 Å². The van der Waals surface area contributed by atoms with Crippen LogP contribution < -0.4 is 5.32 Å². The minimum absolute atomic E-state index is 0.827. The summed E-state index contributed by atoms with van der Waals surface area (Å²) in [5, 5.41) is 3.85. The van der Waals surface area contributed by atoms with Crippen LogP contribution in [0.4, 0.5) is 0 Å². The van der Waals surface area contributed by atoms with E-state index in [1.54, 1.807) is 0 Å². The molecule has 0 radical (unpaired) electrons. The fraction of sp³-hybridized carbons (Fsp3) is 1.00. The van der Waals surface area contributed by atoms with Crippen LogP contribution in [0.25, 0.3) is 0 Å². The predicted molar refractivity (Wildman–Crippen MR) is 67.5 cm³/mol. The topological polar surface area (TPSA) is 15.3 Å². The minimum Gasteiger partial charge on any atom is -0.311 e. The van der Waals surface area contributed by atoms with Crippen molar-refractivity contribution in [3.05, 3.63) is 0 Å². The molecule has 0 aromatic carbocycles. The van der Waals surface area contributed by atoms with E-state index >= 15 is 0 Å². The molecule has 3 fully saturated rings. The summed E-state index contributed by atoms with van der Waals surface area (Å²) in [7, 11) is 0. The molecule has 1 heterocycles. The van der Waals surface area contributed by atoms with Crippen LogP contribution in [0.5, 0.6) is 0 Å². The normalized spacial score (nSPS) is 37.3. The SMILES string of the molecule is CC1CC(NC2CCN(CC3CC3)CC2)C1. The highest BCUT2D eigenvalue weighted by atomic mass is 15.1. The first kappa shape index (κ1) is 11.0. The fourth-order valence-corrected chi connectivity index (χ4v) is 3.32. The van der Waals surface area contributed by atoms with Crippen LogP contribution >= 0.6 is 0 Å². The second-order valence-corrected chi connectivity index (χ2v) is 6.46. The van der Waals surface area contributed by atoms with Gasteiger partial charge in [0.2, 0.25) is 0 Å². The Bertz CT molecular complexity index is 223. The Morgan fingerprint density at radius 2 is 1.69 bits per heavy atom. The molecule has 3 aliphatic rings. The van der Waals surface area contributed by atoms with Gasteiger partial charge in [0, 0.05) is 18.6 Å². The molecule has 1 saturated heterocycles. The van der Waals surface area contributed by atoms with Gasteiger partial charge in [0.1, 0.15) is 0 Å². The van der Waals surface area contributed by atoms with Crippen molar-refractivity contribution in [2.75, 3.05) is 19.6 Å². The second kappa shape index (κ2) is 4.66. The van der Waals surface area contributed by atoms with Gasteiger partial charge >= 0.3 is 0 Å². The monoisotopic (exact) mass is 222 g/mol. The van der Waals surface area contributed by atoms with Gasteiger partial charge in [-0.1, -0.05) is 6.92 Å². The molecule has 0 unspecified atom stereocenters. The Kier molecular flexibility index (Phi) is 3.21. The predicted octanol–water partition coefficient (Wildman–Crippen LogP) is 2.25. The molecule has 2 nitrogen and oxygen atoms in total. The highest BCUT2D eigenvalue weighted by molar-refractivity contribution is 4.88. The Hall–Kier alpha value is -0.0800. The molecule has 16 heavy (non-hydrogen) atoms. The number of hydrogen-bond acceptors (Lipinski definition) is 2. The van der Waals surface area contributed by atoms with Gasteiger partial charge in [0.05, 0.1) is 0 Å². The summed E-state index contributed by atoms with van der Waals surface area (Å²) in [6.07, 6.45) is 8.61. The van der Waals surface area contributed by atoms with Gasteiger partial charge in [0.15, 0.2) is 0 Å². The number of hydrogen-bond donors (Lipinski definition) is 1. The lowest BCUT2D eigenvalue weighted by Crippen LogP contribution is -2.50. The summed E-state index contributed by atoms with van der Waals surface area (Å²) >= 11 is 0. The maximum Gasteiger partial charge on any atom is 0.00940 e. The summed E-state index contributed by atoms with van der Waals surface area (Å²) in [5.41, 5.74) is 0. The third-order valence-corrected chi connectivity index (χ3v) is 4.65. The molecule has 3 rings (SSSR count). The number of nitrogens with one attached hydrogen (secondary N) is 1. The van der Waals surface area contributed by atoms with Gasteiger partial charge < -0.3 is 10.2 Å². The summed E-state index contributed by atoms with van der Waals surface area (Å²) in [4.78, 5) is 2.69. The van der Waals surface area contributed by atoms with Crippen LogP contribution in [0.1, 0.15) is 45.4 Å². The van der Waals surface area contributed by atoms with Crippen molar-refractivity contribution in [1.29, 1.82) is 0 Å². The molecular weight excluding hydrogens is 196 g/mol. The van der Waals surface area contributed by atoms with Crippen LogP contribution in [0.3, 0.4) is 0 Å². The molecule has 1 aliphatic heterocycles. The number of rotatable bonds is 4. The zero-order chi connectivity index (χ0) is 11.0. The van der Waals surface area contributed by atoms with E-state index in [9.17, 15) is 0 Å². The fourth-order valence-electron chi connectivity index (χ4n) is 3.32. The van der Waals surface area contributed by atoms with Crippen LogP contribution in [0.15, 0.2) is 0 Å². The molecule has 0 aromatic rings. The lowest BCUT2D eigenvalue weighted by Gasteiger charge is -2.39. The van der Waals surface area contributed by atoms with Crippen LogP contribution in [0, 0.1) is 11.8 Å². The maximum atomic E-state index is 3.85. The molecule has 92 valence electrons. The third-order valence-electron chi connectivity index (χ3n) is 4.65. The van der Waals surface area contributed by atoms with E-state index in [1.165, 1.54) is 58.2 Å². The smallest absolute Gasteiger partial charge is 0.00940 e. The van der Waals surface area contributed by atoms with Crippen LogP contribution in [-0.4, -0.2) is 36.6 Å². The Balaban J connectivity index is 1.34. The van der Waals surface area contributed by atoms with E-state index in [2.05, 4.69) is 17.1 Å². The van der Waals surface area contributed by atoms with Crippen molar-refractivity contribution < 1.29 is 0 Å². The van der Waals surface area contributed by atoms with Crippen LogP contribution in [-0.2, 0) is 0 Å². The van der Waals surface area contributed by atoms with Gasteiger partial charge in [0.25, 0.3) is 0 Å². The molecule has 0 amide bonds. The van der Waals surface area contributed by atoms with Crippen molar-refractivity contribution in [2.45, 2.75) is 57.5 Å². The number of piperidine rings is 1. The highest BCUT2D eigenvalue weighted by Gasteiger charge is 2.30. The highest BCUT2D eigenvalue weighted by Crippen LogP contribution is 2.31. The second-order valence-electron chi connectivity index (χ2n) is 6.46. The molecule has 0 atom stereocenters. The lowest BCUT2D eigenvalue weighted by atomic mass is 9.81. The average Bonchev–Trinajstić information content (AvgIpc) is 3.02. The van der Waals surface area contributed by atoms with Gasteiger partial charge in [-0.25, -0.2) is 0 Å². The van der Waals surface area contributed by atoms with Crippen molar-refractivity contribution in [3.63, 3.8) is 0 Å². The van der Waals surface area contributed by atoms with Crippen molar-refractivity contribution in [2.24, 2.45) is 11.8 Å². The molecule has 0 aromatic heterocycles. The molecular formula is C14H26N2. The van der Waals surface area contributed by atoms with Gasteiger partial charge in [-0.05, 0) is 63.5 Å². The first-order valence-electron chi connectivity index (χ1n) is 7.28. The molecule has 0 spiro atoms. The van der Waals surface area contributed by atoms with Crippen molar-refractivity contribution in [3.8, 4) is 0 Å². The Morgan fingerprint density at radius 3 is 2.25 bits per heavy atom. The zero-order valence-electron chi connectivity index (χ0n) is 10.6. The average molecular weight is 222 g/mol.